The number of alkyl halides is 2. The molecule has 0 spiro atoms. The third-order valence-electron chi connectivity index (χ3n) is 3.23. The Hall–Kier alpha value is -1.93. The van der Waals surface area contributed by atoms with Crippen LogP contribution in [0.15, 0.2) is 18.2 Å². The Morgan fingerprint density at radius 1 is 1.15 bits per heavy atom. The van der Waals surface area contributed by atoms with Gasteiger partial charge >= 0.3 is 0 Å². The van der Waals surface area contributed by atoms with Crippen molar-refractivity contribution in [2.24, 2.45) is 0 Å². The number of benzene rings is 1. The number of hydrogen-bond donors (Lipinski definition) is 2. The lowest BCUT2D eigenvalue weighted by Crippen LogP contribution is -2.45. The standard InChI is InChI=1S/C16H19Cl2F2N3O3/c1-2-5-23(9-13(19)20)15(25)8-21-14(24)7-22-16(26)11-4-3-10(17)6-12(11)18/h3-4,6,13H,2,5,7-9H2,1H3,(H,21,24)(H,22,26). The molecule has 0 unspecified atom stereocenters. The van der Waals surface area contributed by atoms with E-state index in [1.807, 2.05) is 0 Å². The lowest BCUT2D eigenvalue weighted by molar-refractivity contribution is -0.134. The number of rotatable bonds is 9. The second kappa shape index (κ2) is 10.9. The highest BCUT2D eigenvalue weighted by atomic mass is 35.5. The molecule has 26 heavy (non-hydrogen) atoms. The molecule has 6 nitrogen and oxygen atoms in total. The van der Waals surface area contributed by atoms with Crippen LogP contribution in [0.4, 0.5) is 8.78 Å². The van der Waals surface area contributed by atoms with Crippen LogP contribution in [-0.4, -0.2) is 55.2 Å². The van der Waals surface area contributed by atoms with Crippen molar-refractivity contribution in [2.75, 3.05) is 26.2 Å². The van der Waals surface area contributed by atoms with Crippen LogP contribution in [0.5, 0.6) is 0 Å². The summed E-state index contributed by atoms with van der Waals surface area (Å²) in [5, 5.41) is 5.12. The van der Waals surface area contributed by atoms with Crippen molar-refractivity contribution in [1.82, 2.24) is 15.5 Å². The Balaban J connectivity index is 2.46. The predicted molar refractivity (Wildman–Crippen MR) is 94.7 cm³/mol. The van der Waals surface area contributed by atoms with Crippen LogP contribution >= 0.6 is 23.2 Å². The maximum atomic E-state index is 12.4. The van der Waals surface area contributed by atoms with Gasteiger partial charge in [0, 0.05) is 11.6 Å². The molecule has 0 aromatic heterocycles. The fourth-order valence-electron chi connectivity index (χ4n) is 2.03. The smallest absolute Gasteiger partial charge is 0.255 e. The average Bonchev–Trinajstić information content (AvgIpc) is 2.56. The third kappa shape index (κ3) is 7.53. The van der Waals surface area contributed by atoms with Gasteiger partial charge in [0.15, 0.2) is 0 Å². The Morgan fingerprint density at radius 2 is 1.85 bits per heavy atom. The fourth-order valence-corrected chi connectivity index (χ4v) is 2.53. The van der Waals surface area contributed by atoms with Crippen LogP contribution in [0, 0.1) is 0 Å². The Morgan fingerprint density at radius 3 is 2.42 bits per heavy atom. The molecule has 1 aromatic carbocycles. The van der Waals surface area contributed by atoms with Crippen molar-refractivity contribution in [2.45, 2.75) is 19.8 Å². The van der Waals surface area contributed by atoms with Crippen molar-refractivity contribution in [3.63, 3.8) is 0 Å². The summed E-state index contributed by atoms with van der Waals surface area (Å²) >= 11 is 11.6. The van der Waals surface area contributed by atoms with Gasteiger partial charge in [-0.3, -0.25) is 14.4 Å². The first-order valence-electron chi connectivity index (χ1n) is 7.80. The summed E-state index contributed by atoms with van der Waals surface area (Å²) < 4.78 is 24.9. The molecule has 0 saturated heterocycles. The zero-order chi connectivity index (χ0) is 19.7. The van der Waals surface area contributed by atoms with Gasteiger partial charge in [0.1, 0.15) is 0 Å². The first-order valence-corrected chi connectivity index (χ1v) is 8.56. The van der Waals surface area contributed by atoms with Crippen LogP contribution < -0.4 is 10.6 Å². The van der Waals surface area contributed by atoms with Crippen LogP contribution in [-0.2, 0) is 9.59 Å². The van der Waals surface area contributed by atoms with Gasteiger partial charge in [-0.15, -0.1) is 0 Å². The molecule has 0 radical (unpaired) electrons. The molecule has 10 heteroatoms. The van der Waals surface area contributed by atoms with E-state index in [2.05, 4.69) is 10.6 Å². The number of carbonyl (C=O) groups is 3. The molecule has 0 aliphatic carbocycles. The molecule has 0 saturated carbocycles. The molecule has 1 rings (SSSR count). The van der Waals surface area contributed by atoms with E-state index in [-0.39, 0.29) is 17.1 Å². The molecule has 0 aliphatic heterocycles. The summed E-state index contributed by atoms with van der Waals surface area (Å²) in [6.07, 6.45) is -2.13. The van der Waals surface area contributed by atoms with Crippen molar-refractivity contribution >= 4 is 40.9 Å². The highest BCUT2D eigenvalue weighted by molar-refractivity contribution is 6.36. The minimum absolute atomic E-state index is 0.132. The van der Waals surface area contributed by atoms with Gasteiger partial charge in [0.2, 0.25) is 11.8 Å². The topological polar surface area (TPSA) is 78.5 Å². The molecule has 0 fully saturated rings. The van der Waals surface area contributed by atoms with Crippen molar-refractivity contribution in [1.29, 1.82) is 0 Å². The molecule has 0 heterocycles. The molecule has 3 amide bonds. The van der Waals surface area contributed by atoms with E-state index < -0.39 is 43.8 Å². The van der Waals surface area contributed by atoms with Crippen LogP contribution in [0.2, 0.25) is 10.0 Å². The van der Waals surface area contributed by atoms with Crippen molar-refractivity contribution in [3.05, 3.63) is 33.8 Å². The van der Waals surface area contributed by atoms with E-state index in [9.17, 15) is 23.2 Å². The zero-order valence-electron chi connectivity index (χ0n) is 14.0. The molecule has 0 bridgehead atoms. The summed E-state index contributed by atoms with van der Waals surface area (Å²) in [5.41, 5.74) is 0.144. The van der Waals surface area contributed by atoms with E-state index in [1.165, 1.54) is 18.2 Å². The molecule has 0 aliphatic rings. The fraction of sp³-hybridized carbons (Fsp3) is 0.438. The average molecular weight is 410 g/mol. The molecular formula is C16H19Cl2F2N3O3. The Bertz CT molecular complexity index is 660. The van der Waals surface area contributed by atoms with E-state index in [0.29, 0.717) is 11.4 Å². The Kier molecular flexibility index (Phi) is 9.29. The lowest BCUT2D eigenvalue weighted by atomic mass is 10.2. The van der Waals surface area contributed by atoms with Gasteiger partial charge in [0.05, 0.1) is 30.2 Å². The SMILES string of the molecule is CCCN(CC(F)F)C(=O)CNC(=O)CNC(=O)c1ccc(Cl)cc1Cl. The quantitative estimate of drug-likeness (QED) is 0.656. The molecule has 144 valence electrons. The highest BCUT2D eigenvalue weighted by Crippen LogP contribution is 2.20. The number of halogens is 4. The van der Waals surface area contributed by atoms with Crippen LogP contribution in [0.1, 0.15) is 23.7 Å². The Labute approximate surface area is 159 Å². The molecule has 0 atom stereocenters. The first-order chi connectivity index (χ1) is 12.2. The summed E-state index contributed by atoms with van der Waals surface area (Å²) in [6, 6.07) is 4.28. The van der Waals surface area contributed by atoms with Gasteiger partial charge in [-0.1, -0.05) is 30.1 Å². The summed E-state index contributed by atoms with van der Waals surface area (Å²) in [6.45, 7) is 0.414. The third-order valence-corrected chi connectivity index (χ3v) is 3.77. The second-order valence-electron chi connectivity index (χ2n) is 5.31. The van der Waals surface area contributed by atoms with E-state index in [1.54, 1.807) is 6.92 Å². The largest absolute Gasteiger partial charge is 0.345 e. The monoisotopic (exact) mass is 409 g/mol. The van der Waals surface area contributed by atoms with Gasteiger partial charge < -0.3 is 15.5 Å². The second-order valence-corrected chi connectivity index (χ2v) is 6.16. The van der Waals surface area contributed by atoms with Gasteiger partial charge in [0.25, 0.3) is 12.3 Å². The summed E-state index contributed by atoms with van der Waals surface area (Å²) in [7, 11) is 0. The lowest BCUT2D eigenvalue weighted by Gasteiger charge is -2.21. The summed E-state index contributed by atoms with van der Waals surface area (Å²) in [5.74, 6) is -1.84. The molecular weight excluding hydrogens is 391 g/mol. The maximum absolute atomic E-state index is 12.4. The molecule has 2 N–H and O–H groups in total. The predicted octanol–water partition coefficient (Wildman–Crippen LogP) is 2.34. The minimum Gasteiger partial charge on any atom is -0.345 e. The number of hydrogen-bond acceptors (Lipinski definition) is 3. The normalized spacial score (nSPS) is 10.5. The number of nitrogens with zero attached hydrogens (tertiary/aromatic N) is 1. The van der Waals surface area contributed by atoms with Crippen molar-refractivity contribution < 1.29 is 23.2 Å². The number of carbonyl (C=O) groups excluding carboxylic acids is 3. The minimum atomic E-state index is -2.65. The maximum Gasteiger partial charge on any atom is 0.255 e. The van der Waals surface area contributed by atoms with E-state index in [0.717, 1.165) is 4.90 Å². The van der Waals surface area contributed by atoms with Gasteiger partial charge in [-0.2, -0.15) is 0 Å². The number of amides is 3. The van der Waals surface area contributed by atoms with Crippen LogP contribution in [0.3, 0.4) is 0 Å². The summed E-state index contributed by atoms with van der Waals surface area (Å²) in [4.78, 5) is 36.5. The van der Waals surface area contributed by atoms with Crippen LogP contribution in [0.25, 0.3) is 0 Å². The first kappa shape index (κ1) is 22.1. The number of nitrogens with one attached hydrogen (secondary N) is 2. The van der Waals surface area contributed by atoms with Gasteiger partial charge in [-0.05, 0) is 24.6 Å². The van der Waals surface area contributed by atoms with E-state index in [4.69, 9.17) is 23.2 Å². The van der Waals surface area contributed by atoms with Gasteiger partial charge in [-0.25, -0.2) is 8.78 Å². The zero-order valence-corrected chi connectivity index (χ0v) is 15.5. The van der Waals surface area contributed by atoms with Crippen molar-refractivity contribution in [3.8, 4) is 0 Å². The highest BCUT2D eigenvalue weighted by Gasteiger charge is 2.18. The molecule has 1 aromatic rings. The van der Waals surface area contributed by atoms with E-state index >= 15 is 0 Å².